The molecule has 3 aromatic rings. The van der Waals surface area contributed by atoms with E-state index in [1.807, 2.05) is 95.9 Å². The molecule has 0 unspecified atom stereocenters. The van der Waals surface area contributed by atoms with Gasteiger partial charge in [0.05, 0.1) is 24.0 Å². The summed E-state index contributed by atoms with van der Waals surface area (Å²) in [6, 6.07) is 27.6. The van der Waals surface area contributed by atoms with Gasteiger partial charge in [-0.15, -0.1) is 0 Å². The van der Waals surface area contributed by atoms with Crippen molar-refractivity contribution in [3.8, 4) is 0 Å². The van der Waals surface area contributed by atoms with Gasteiger partial charge in [-0.2, -0.15) is 0 Å². The summed E-state index contributed by atoms with van der Waals surface area (Å²) < 4.78 is 0. The van der Waals surface area contributed by atoms with Crippen molar-refractivity contribution < 1.29 is 19.5 Å². The zero-order valence-corrected chi connectivity index (χ0v) is 21.4. The van der Waals surface area contributed by atoms with Crippen LogP contribution in [0.4, 0.5) is 21.0 Å². The molecule has 2 fully saturated rings. The topological polar surface area (TPSA) is 84.4 Å². The zero-order valence-electron chi connectivity index (χ0n) is 21.4. The van der Waals surface area contributed by atoms with E-state index in [1.165, 1.54) is 16.7 Å². The maximum absolute atomic E-state index is 14.1. The lowest BCUT2D eigenvalue weighted by molar-refractivity contribution is -0.151. The third kappa shape index (κ3) is 4.69. The summed E-state index contributed by atoms with van der Waals surface area (Å²) in [4.78, 5) is 46.8. The van der Waals surface area contributed by atoms with Crippen LogP contribution in [0.15, 0.2) is 91.0 Å². The number of carboxylic acids is 1. The highest BCUT2D eigenvalue weighted by atomic mass is 16.4. The number of carboxylic acid groups (broad SMARTS) is 1. The number of urea groups is 2. The molecule has 0 spiro atoms. The van der Waals surface area contributed by atoms with Crippen molar-refractivity contribution >= 4 is 29.4 Å². The number of amides is 4. The Bertz CT molecular complexity index is 1250. The van der Waals surface area contributed by atoms with Crippen LogP contribution < -0.4 is 4.90 Å². The number of hydrogen-bond donors (Lipinski definition) is 1. The van der Waals surface area contributed by atoms with Crippen LogP contribution in [0, 0.1) is 0 Å². The predicted molar refractivity (Wildman–Crippen MR) is 145 cm³/mol. The van der Waals surface area contributed by atoms with E-state index in [4.69, 9.17) is 0 Å². The minimum absolute atomic E-state index is 0.0360. The monoisotopic (exact) mass is 512 g/mol. The van der Waals surface area contributed by atoms with E-state index in [2.05, 4.69) is 0 Å². The Morgan fingerprint density at radius 3 is 1.92 bits per heavy atom. The van der Waals surface area contributed by atoms with Crippen LogP contribution >= 0.6 is 0 Å². The summed E-state index contributed by atoms with van der Waals surface area (Å²) in [5.74, 6) is -1.15. The van der Waals surface area contributed by atoms with Crippen LogP contribution in [0.3, 0.4) is 0 Å². The standard InChI is InChI=1S/C30H32N4O4/c1-30(27(35)36)22-31(28(37)32-19-11-18-26(32)23-12-5-2-6-13-23)20-21-33(30)29(38)34(24-14-7-3-8-15-24)25-16-9-4-10-17-25/h2-10,12-17,26H,11,18-22H2,1H3,(H,35,36)/t26-,30-/m1/s1. The van der Waals surface area contributed by atoms with Crippen molar-refractivity contribution in [2.24, 2.45) is 0 Å². The van der Waals surface area contributed by atoms with Crippen LogP contribution in [-0.4, -0.2) is 69.6 Å². The van der Waals surface area contributed by atoms with Crippen LogP contribution in [0.2, 0.25) is 0 Å². The fourth-order valence-corrected chi connectivity index (χ4v) is 5.50. The second-order valence-electron chi connectivity index (χ2n) is 9.99. The second-order valence-corrected chi connectivity index (χ2v) is 9.99. The lowest BCUT2D eigenvalue weighted by Gasteiger charge is -2.48. The Balaban J connectivity index is 1.41. The first-order chi connectivity index (χ1) is 18.4. The summed E-state index contributed by atoms with van der Waals surface area (Å²) in [6.07, 6.45) is 1.76. The molecule has 38 heavy (non-hydrogen) atoms. The highest BCUT2D eigenvalue weighted by Crippen LogP contribution is 2.35. The average molecular weight is 513 g/mol. The molecule has 8 heteroatoms. The Morgan fingerprint density at radius 2 is 1.37 bits per heavy atom. The summed E-state index contributed by atoms with van der Waals surface area (Å²) in [7, 11) is 0. The summed E-state index contributed by atoms with van der Waals surface area (Å²) >= 11 is 0. The number of nitrogens with zero attached hydrogens (tertiary/aromatic N) is 4. The molecule has 0 radical (unpaired) electrons. The number of anilines is 2. The molecule has 2 heterocycles. The van der Waals surface area contributed by atoms with E-state index in [0.29, 0.717) is 17.9 Å². The molecule has 5 rings (SSSR count). The number of benzene rings is 3. The smallest absolute Gasteiger partial charge is 0.331 e. The second kappa shape index (κ2) is 10.6. The number of hydrogen-bond acceptors (Lipinski definition) is 3. The summed E-state index contributed by atoms with van der Waals surface area (Å²) in [5, 5.41) is 10.4. The molecule has 2 aliphatic rings. The quantitative estimate of drug-likeness (QED) is 0.510. The lowest BCUT2D eigenvalue weighted by Crippen LogP contribution is -2.69. The number of rotatable bonds is 4. The van der Waals surface area contributed by atoms with Gasteiger partial charge in [-0.1, -0.05) is 66.7 Å². The van der Waals surface area contributed by atoms with Crippen LogP contribution in [0.5, 0.6) is 0 Å². The maximum Gasteiger partial charge on any atom is 0.331 e. The van der Waals surface area contributed by atoms with Gasteiger partial charge in [-0.3, -0.25) is 4.90 Å². The fourth-order valence-electron chi connectivity index (χ4n) is 5.50. The van der Waals surface area contributed by atoms with Gasteiger partial charge >= 0.3 is 18.0 Å². The van der Waals surface area contributed by atoms with Crippen molar-refractivity contribution in [3.05, 3.63) is 96.6 Å². The van der Waals surface area contributed by atoms with Gasteiger partial charge in [0.15, 0.2) is 5.54 Å². The van der Waals surface area contributed by atoms with E-state index in [0.717, 1.165) is 18.4 Å². The number of carbonyl (C=O) groups excluding carboxylic acids is 2. The summed E-state index contributed by atoms with van der Waals surface area (Å²) in [5.41, 5.74) is 0.749. The number of para-hydroxylation sites is 2. The van der Waals surface area contributed by atoms with E-state index in [-0.39, 0.29) is 31.7 Å². The highest BCUT2D eigenvalue weighted by Gasteiger charge is 2.50. The van der Waals surface area contributed by atoms with Crippen LogP contribution in [-0.2, 0) is 4.79 Å². The van der Waals surface area contributed by atoms with Crippen molar-refractivity contribution in [2.75, 3.05) is 31.1 Å². The van der Waals surface area contributed by atoms with Gasteiger partial charge in [0.25, 0.3) is 0 Å². The third-order valence-electron chi connectivity index (χ3n) is 7.55. The molecule has 2 aliphatic heterocycles. The van der Waals surface area contributed by atoms with Crippen molar-refractivity contribution in [2.45, 2.75) is 31.3 Å². The Morgan fingerprint density at radius 1 is 0.816 bits per heavy atom. The van der Waals surface area contributed by atoms with Gasteiger partial charge < -0.3 is 19.8 Å². The van der Waals surface area contributed by atoms with E-state index >= 15 is 0 Å². The molecule has 2 saturated heterocycles. The lowest BCUT2D eigenvalue weighted by atomic mass is 9.96. The SMILES string of the molecule is C[C@]1(C(=O)O)CN(C(=O)N2CCC[C@@H]2c2ccccc2)CCN1C(=O)N(c1ccccc1)c1ccccc1. The minimum Gasteiger partial charge on any atom is -0.479 e. The maximum atomic E-state index is 14.1. The normalized spacial score (nSPS) is 21.3. The molecule has 0 aliphatic carbocycles. The molecule has 0 aromatic heterocycles. The fraction of sp³-hybridized carbons (Fsp3) is 0.300. The van der Waals surface area contributed by atoms with Crippen molar-refractivity contribution in [1.82, 2.24) is 14.7 Å². The largest absolute Gasteiger partial charge is 0.479 e. The first-order valence-electron chi connectivity index (χ1n) is 13.0. The first kappa shape index (κ1) is 25.3. The van der Waals surface area contributed by atoms with Gasteiger partial charge in [0.2, 0.25) is 0 Å². The van der Waals surface area contributed by atoms with E-state index in [1.54, 1.807) is 4.90 Å². The first-order valence-corrected chi connectivity index (χ1v) is 13.0. The van der Waals surface area contributed by atoms with E-state index in [9.17, 15) is 19.5 Å². The Kier molecular flexibility index (Phi) is 7.05. The molecule has 0 bridgehead atoms. The number of piperazine rings is 1. The molecular formula is C30H32N4O4. The molecule has 8 nitrogen and oxygen atoms in total. The molecule has 1 N–H and O–H groups in total. The minimum atomic E-state index is -1.60. The molecule has 2 atom stereocenters. The van der Waals surface area contributed by atoms with Crippen molar-refractivity contribution in [3.63, 3.8) is 0 Å². The molecule has 0 saturated carbocycles. The Labute approximate surface area is 222 Å². The molecule has 3 aromatic carbocycles. The van der Waals surface area contributed by atoms with Gasteiger partial charge in [0.1, 0.15) is 0 Å². The van der Waals surface area contributed by atoms with Gasteiger partial charge in [-0.25, -0.2) is 14.4 Å². The third-order valence-corrected chi connectivity index (χ3v) is 7.55. The zero-order chi connectivity index (χ0) is 26.7. The number of likely N-dealkylation sites (tertiary alicyclic amines) is 1. The molecule has 4 amide bonds. The molecular weight excluding hydrogens is 480 g/mol. The van der Waals surface area contributed by atoms with Crippen LogP contribution in [0.1, 0.15) is 31.4 Å². The highest BCUT2D eigenvalue weighted by molar-refractivity contribution is 6.02. The number of aliphatic carboxylic acids is 1. The van der Waals surface area contributed by atoms with Crippen LogP contribution in [0.25, 0.3) is 0 Å². The molecule has 196 valence electrons. The van der Waals surface area contributed by atoms with Gasteiger partial charge in [-0.05, 0) is 49.6 Å². The van der Waals surface area contributed by atoms with Gasteiger partial charge in [0, 0.05) is 19.6 Å². The average Bonchev–Trinajstić information content (AvgIpc) is 3.44. The predicted octanol–water partition coefficient (Wildman–Crippen LogP) is 5.36. The van der Waals surface area contributed by atoms with Crippen molar-refractivity contribution in [1.29, 1.82) is 0 Å². The number of carbonyl (C=O) groups is 3. The van der Waals surface area contributed by atoms with E-state index < -0.39 is 17.5 Å². The summed E-state index contributed by atoms with van der Waals surface area (Å²) in [6.45, 7) is 2.41. The Hall–Kier alpha value is -4.33.